The Morgan fingerprint density at radius 1 is 1.09 bits per heavy atom. The Hall–Kier alpha value is -3.67. The molecule has 3 aromatic carbocycles. The number of phenols is 1. The fourth-order valence-electron chi connectivity index (χ4n) is 6.83. The van der Waals surface area contributed by atoms with Crippen molar-refractivity contribution in [3.8, 4) is 22.8 Å². The van der Waals surface area contributed by atoms with Crippen LogP contribution >= 0.6 is 0 Å². The molecule has 4 aromatic rings. The number of benzene rings is 3. The number of ether oxygens (including phenoxy) is 1. The van der Waals surface area contributed by atoms with Gasteiger partial charge in [-0.05, 0) is 84.8 Å². The number of aromatic nitrogens is 2. The molecule has 0 aliphatic carbocycles. The predicted octanol–water partition coefficient (Wildman–Crippen LogP) is 7.59. The van der Waals surface area contributed by atoms with Crippen LogP contribution in [0.1, 0.15) is 44.0 Å². The van der Waals surface area contributed by atoms with E-state index in [2.05, 4.69) is 14.9 Å². The van der Waals surface area contributed by atoms with E-state index in [9.17, 15) is 27.1 Å². The highest BCUT2D eigenvalue weighted by atomic mass is 19.4. The van der Waals surface area contributed by atoms with E-state index in [4.69, 9.17) is 4.74 Å². The molecular formula is C31H28F7N3O2. The summed E-state index contributed by atoms with van der Waals surface area (Å²) in [6.07, 6.45) is -3.16. The molecule has 2 aliphatic rings. The zero-order chi connectivity index (χ0) is 30.7. The molecule has 6 rings (SSSR count). The van der Waals surface area contributed by atoms with Crippen LogP contribution in [0.25, 0.3) is 32.8 Å². The molecule has 0 bridgehead atoms. The van der Waals surface area contributed by atoms with Crippen molar-refractivity contribution in [3.63, 3.8) is 0 Å². The van der Waals surface area contributed by atoms with E-state index in [1.165, 1.54) is 18.2 Å². The van der Waals surface area contributed by atoms with Crippen LogP contribution in [0.3, 0.4) is 0 Å². The molecule has 0 spiro atoms. The van der Waals surface area contributed by atoms with Crippen LogP contribution in [0, 0.1) is 17.5 Å². The molecule has 2 aliphatic heterocycles. The highest BCUT2D eigenvalue weighted by Gasteiger charge is 2.48. The molecule has 5 nitrogen and oxygen atoms in total. The van der Waals surface area contributed by atoms with Gasteiger partial charge in [-0.25, -0.2) is 22.5 Å². The largest absolute Gasteiger partial charge is 0.508 e. The Morgan fingerprint density at radius 2 is 1.88 bits per heavy atom. The van der Waals surface area contributed by atoms with Crippen LogP contribution in [0.5, 0.6) is 11.6 Å². The highest BCUT2D eigenvalue weighted by Crippen LogP contribution is 2.44. The van der Waals surface area contributed by atoms with Gasteiger partial charge in [0.05, 0.1) is 10.9 Å². The normalized spacial score (nSPS) is 20.8. The van der Waals surface area contributed by atoms with E-state index in [-0.39, 0.29) is 40.9 Å². The van der Waals surface area contributed by atoms with Gasteiger partial charge in [-0.1, -0.05) is 13.0 Å². The first kappa shape index (κ1) is 29.4. The van der Waals surface area contributed by atoms with Crippen LogP contribution < -0.4 is 4.74 Å². The molecule has 0 saturated carbocycles. The smallest absolute Gasteiger partial charge is 0.422 e. The lowest BCUT2D eigenvalue weighted by Crippen LogP contribution is -2.38. The summed E-state index contributed by atoms with van der Waals surface area (Å²) in [6, 6.07) is 5.81. The molecule has 43 heavy (non-hydrogen) atoms. The molecule has 2 atom stereocenters. The molecule has 12 heteroatoms. The number of aromatic hydroxyl groups is 1. The molecular weight excluding hydrogens is 579 g/mol. The summed E-state index contributed by atoms with van der Waals surface area (Å²) < 4.78 is 105. The van der Waals surface area contributed by atoms with Crippen LogP contribution in [0.2, 0.25) is 0 Å². The molecule has 0 radical (unpaired) electrons. The second-order valence-electron chi connectivity index (χ2n) is 11.3. The molecule has 0 amide bonds. The van der Waals surface area contributed by atoms with Crippen LogP contribution in [-0.2, 0) is 12.8 Å². The van der Waals surface area contributed by atoms with Gasteiger partial charge in [0.2, 0.25) is 5.88 Å². The minimum absolute atomic E-state index is 0.0364. The Morgan fingerprint density at radius 3 is 2.63 bits per heavy atom. The van der Waals surface area contributed by atoms with E-state index >= 15 is 8.78 Å². The molecule has 3 heterocycles. The van der Waals surface area contributed by atoms with Crippen molar-refractivity contribution in [1.29, 1.82) is 0 Å². The lowest BCUT2D eigenvalue weighted by molar-refractivity contribution is -0.153. The van der Waals surface area contributed by atoms with Gasteiger partial charge in [0.1, 0.15) is 34.9 Å². The van der Waals surface area contributed by atoms with E-state index < -0.39 is 64.3 Å². The number of halogens is 7. The lowest BCUT2D eigenvalue weighted by atomic mass is 9.88. The first-order chi connectivity index (χ1) is 20.4. The summed E-state index contributed by atoms with van der Waals surface area (Å²) >= 11 is 0. The van der Waals surface area contributed by atoms with Gasteiger partial charge >= 0.3 is 6.18 Å². The fourth-order valence-corrected chi connectivity index (χ4v) is 6.83. The van der Waals surface area contributed by atoms with E-state index in [0.29, 0.717) is 24.8 Å². The average Bonchev–Trinajstić information content (AvgIpc) is 3.46. The van der Waals surface area contributed by atoms with Crippen LogP contribution in [0.4, 0.5) is 30.7 Å². The number of hydrogen-bond donors (Lipinski definition) is 1. The van der Waals surface area contributed by atoms with Gasteiger partial charge in [-0.3, -0.25) is 4.90 Å². The van der Waals surface area contributed by atoms with E-state index in [0.717, 1.165) is 31.5 Å². The second kappa shape index (κ2) is 10.8. The Balaban J connectivity index is 1.51. The van der Waals surface area contributed by atoms with E-state index in [1.807, 2.05) is 0 Å². The minimum atomic E-state index is -4.75. The Labute approximate surface area is 242 Å². The maximum absolute atomic E-state index is 16.4. The van der Waals surface area contributed by atoms with Crippen molar-refractivity contribution >= 4 is 21.7 Å². The van der Waals surface area contributed by atoms with Crippen molar-refractivity contribution in [2.24, 2.45) is 0 Å². The highest BCUT2D eigenvalue weighted by molar-refractivity contribution is 6.02. The number of rotatable bonds is 7. The van der Waals surface area contributed by atoms with Gasteiger partial charge in [0, 0.05) is 18.5 Å². The van der Waals surface area contributed by atoms with Crippen LogP contribution in [-0.4, -0.2) is 57.6 Å². The van der Waals surface area contributed by atoms with Crippen molar-refractivity contribution in [2.45, 2.75) is 63.3 Å². The maximum Gasteiger partial charge on any atom is 0.422 e. The van der Waals surface area contributed by atoms with Crippen molar-refractivity contribution in [2.75, 3.05) is 19.7 Å². The number of hydrogen-bond acceptors (Lipinski definition) is 5. The molecule has 228 valence electrons. The van der Waals surface area contributed by atoms with E-state index in [1.54, 1.807) is 6.92 Å². The number of nitrogens with zero attached hydrogens (tertiary/aromatic N) is 3. The molecule has 2 saturated heterocycles. The van der Waals surface area contributed by atoms with Gasteiger partial charge < -0.3 is 9.84 Å². The Bertz CT molecular complexity index is 1730. The Kier molecular flexibility index (Phi) is 7.38. The summed E-state index contributed by atoms with van der Waals surface area (Å²) in [6.45, 7) is 0.954. The average molecular weight is 608 g/mol. The molecule has 2 fully saturated rings. The first-order valence-electron chi connectivity index (χ1n) is 14.1. The molecule has 1 aromatic heterocycles. The SMILES string of the molecule is CCc1c(F)ccc2cc(O)cc(-c3c(F)cc4c(OCC(F)(F)F)nc(CC[C@@]56CCCN5C[C@H](F)C6)nc4c3F)c12. The standard InChI is InChI=1S/C31H28F7N3O2/c1-2-19-22(33)5-4-16-10-18(42)11-20(25(16)19)26-23(34)12-21-28(27(26)35)39-24(40-29(21)43-15-31(36,37)38)6-8-30-7-3-9-41(30)14-17(32)13-30/h4-5,10-12,17,42H,2-3,6-9,13-15H2,1H3/t17-,30-/m1/s1. The molecule has 0 unspecified atom stereocenters. The third kappa shape index (κ3) is 5.34. The third-order valence-electron chi connectivity index (χ3n) is 8.62. The summed E-state index contributed by atoms with van der Waals surface area (Å²) in [5.41, 5.74) is -1.52. The monoisotopic (exact) mass is 607 g/mol. The summed E-state index contributed by atoms with van der Waals surface area (Å²) in [4.78, 5) is 10.5. The summed E-state index contributed by atoms with van der Waals surface area (Å²) in [5.74, 6) is -4.01. The molecule has 1 N–H and O–H groups in total. The van der Waals surface area contributed by atoms with Gasteiger partial charge in [-0.2, -0.15) is 18.2 Å². The number of fused-ring (bicyclic) bond motifs is 3. The number of aryl methyl sites for hydroxylation is 2. The second-order valence-corrected chi connectivity index (χ2v) is 11.3. The zero-order valence-corrected chi connectivity index (χ0v) is 23.2. The van der Waals surface area contributed by atoms with Crippen molar-refractivity contribution in [3.05, 3.63) is 59.2 Å². The maximum atomic E-state index is 16.4. The number of phenolic OH excluding ortho intramolecular Hbond substituents is 1. The van der Waals surface area contributed by atoms with Crippen LogP contribution in [0.15, 0.2) is 30.3 Å². The number of alkyl halides is 4. The van der Waals surface area contributed by atoms with Gasteiger partial charge in [0.25, 0.3) is 0 Å². The fraction of sp³-hybridized carbons (Fsp3) is 0.419. The summed E-state index contributed by atoms with van der Waals surface area (Å²) in [7, 11) is 0. The lowest BCUT2D eigenvalue weighted by Gasteiger charge is -2.31. The minimum Gasteiger partial charge on any atom is -0.508 e. The van der Waals surface area contributed by atoms with Crippen molar-refractivity contribution in [1.82, 2.24) is 14.9 Å². The van der Waals surface area contributed by atoms with Gasteiger partial charge in [-0.15, -0.1) is 0 Å². The third-order valence-corrected chi connectivity index (χ3v) is 8.62. The van der Waals surface area contributed by atoms with Gasteiger partial charge in [0.15, 0.2) is 12.4 Å². The summed E-state index contributed by atoms with van der Waals surface area (Å²) in [5, 5.41) is 10.5. The zero-order valence-electron chi connectivity index (χ0n) is 23.2. The van der Waals surface area contributed by atoms with Crippen molar-refractivity contribution < 1.29 is 40.6 Å². The topological polar surface area (TPSA) is 58.5 Å². The first-order valence-corrected chi connectivity index (χ1v) is 14.1. The predicted molar refractivity (Wildman–Crippen MR) is 146 cm³/mol. The quantitative estimate of drug-likeness (QED) is 0.220.